The van der Waals surface area contributed by atoms with Crippen molar-refractivity contribution in [3.63, 3.8) is 0 Å². The summed E-state index contributed by atoms with van der Waals surface area (Å²) in [6.07, 6.45) is 4.21. The molecule has 0 aromatic carbocycles. The van der Waals surface area contributed by atoms with Crippen molar-refractivity contribution in [1.82, 2.24) is 4.57 Å². The molecule has 0 aliphatic heterocycles. The van der Waals surface area contributed by atoms with E-state index in [1.165, 1.54) is 3.57 Å². The van der Waals surface area contributed by atoms with Crippen LogP contribution in [0.2, 0.25) is 0 Å². The van der Waals surface area contributed by atoms with Crippen LogP contribution in [-0.4, -0.2) is 17.6 Å². The van der Waals surface area contributed by atoms with E-state index in [0.717, 1.165) is 6.54 Å². The molecule has 0 saturated carbocycles. The SMILES string of the molecule is CCOC=O.CCn1ccc(I)c1. The Morgan fingerprint density at radius 1 is 1.62 bits per heavy atom. The summed E-state index contributed by atoms with van der Waals surface area (Å²) in [5.41, 5.74) is 0. The highest BCUT2D eigenvalue weighted by Gasteiger charge is 1.86. The lowest BCUT2D eigenvalue weighted by Crippen LogP contribution is -1.85. The van der Waals surface area contributed by atoms with Crippen molar-refractivity contribution in [3.05, 3.63) is 22.0 Å². The number of hydrogen-bond donors (Lipinski definition) is 0. The molecule has 0 radical (unpaired) electrons. The second-order valence-electron chi connectivity index (χ2n) is 2.21. The largest absolute Gasteiger partial charge is 0.468 e. The minimum Gasteiger partial charge on any atom is -0.468 e. The minimum absolute atomic E-state index is 0.431. The van der Waals surface area contributed by atoms with Gasteiger partial charge in [0.05, 0.1) is 6.61 Å². The van der Waals surface area contributed by atoms with E-state index in [9.17, 15) is 4.79 Å². The van der Waals surface area contributed by atoms with Gasteiger partial charge in [-0.15, -0.1) is 0 Å². The smallest absolute Gasteiger partial charge is 0.293 e. The van der Waals surface area contributed by atoms with Gasteiger partial charge in [-0.25, -0.2) is 0 Å². The molecule has 0 bridgehead atoms. The number of carbonyl (C=O) groups excluding carboxylic acids is 1. The Labute approximate surface area is 92.2 Å². The number of ether oxygens (including phenoxy) is 1. The highest BCUT2D eigenvalue weighted by Crippen LogP contribution is 2.03. The van der Waals surface area contributed by atoms with Gasteiger partial charge in [-0.2, -0.15) is 0 Å². The maximum absolute atomic E-state index is 9.18. The van der Waals surface area contributed by atoms with Crippen LogP contribution < -0.4 is 0 Å². The predicted octanol–water partition coefficient (Wildman–Crippen LogP) is 2.29. The van der Waals surface area contributed by atoms with Gasteiger partial charge in [0.2, 0.25) is 0 Å². The monoisotopic (exact) mass is 295 g/mol. The molecule has 0 atom stereocenters. The predicted molar refractivity (Wildman–Crippen MR) is 60.5 cm³/mol. The number of aromatic nitrogens is 1. The summed E-state index contributed by atoms with van der Waals surface area (Å²) in [7, 11) is 0. The van der Waals surface area contributed by atoms with Gasteiger partial charge in [-0.05, 0) is 42.5 Å². The van der Waals surface area contributed by atoms with E-state index in [2.05, 4.69) is 57.3 Å². The molecule has 3 nitrogen and oxygen atoms in total. The minimum atomic E-state index is 0.431. The third kappa shape index (κ3) is 6.62. The van der Waals surface area contributed by atoms with Crippen LogP contribution in [0, 0.1) is 3.57 Å². The summed E-state index contributed by atoms with van der Waals surface area (Å²) in [6, 6.07) is 2.10. The van der Waals surface area contributed by atoms with Gasteiger partial charge in [-0.3, -0.25) is 4.79 Å². The lowest BCUT2D eigenvalue weighted by molar-refractivity contribution is -0.128. The number of halogens is 1. The van der Waals surface area contributed by atoms with Crippen molar-refractivity contribution >= 4 is 29.1 Å². The quantitative estimate of drug-likeness (QED) is 0.633. The number of aryl methyl sites for hydroxylation is 1. The first-order valence-electron chi connectivity index (χ1n) is 4.11. The van der Waals surface area contributed by atoms with Crippen molar-refractivity contribution in [1.29, 1.82) is 0 Å². The van der Waals surface area contributed by atoms with E-state index in [1.807, 2.05) is 0 Å². The summed E-state index contributed by atoms with van der Waals surface area (Å²) < 4.78 is 7.62. The highest BCUT2D eigenvalue weighted by molar-refractivity contribution is 14.1. The van der Waals surface area contributed by atoms with E-state index in [0.29, 0.717) is 13.1 Å². The Morgan fingerprint density at radius 2 is 2.31 bits per heavy atom. The first-order valence-corrected chi connectivity index (χ1v) is 5.19. The Balaban J connectivity index is 0.000000252. The van der Waals surface area contributed by atoms with Crippen LogP contribution in [0.5, 0.6) is 0 Å². The molecule has 4 heteroatoms. The lowest BCUT2D eigenvalue weighted by Gasteiger charge is -1.90. The molecule has 0 spiro atoms. The summed E-state index contributed by atoms with van der Waals surface area (Å²) in [5, 5.41) is 0. The number of hydrogen-bond acceptors (Lipinski definition) is 2. The third-order valence-corrected chi connectivity index (χ3v) is 1.95. The Morgan fingerprint density at radius 3 is 2.46 bits per heavy atom. The number of rotatable bonds is 3. The average Bonchev–Trinajstić information content (AvgIpc) is 2.54. The number of carbonyl (C=O) groups is 1. The number of nitrogens with zero attached hydrogens (tertiary/aromatic N) is 1. The molecule has 0 aliphatic rings. The zero-order chi connectivity index (χ0) is 10.1. The molecule has 0 aliphatic carbocycles. The van der Waals surface area contributed by atoms with E-state index < -0.39 is 0 Å². The Bertz CT molecular complexity index is 235. The Kier molecular flexibility index (Phi) is 7.77. The zero-order valence-corrected chi connectivity index (χ0v) is 10.0. The molecule has 0 amide bonds. The van der Waals surface area contributed by atoms with Crippen LogP contribution in [0.1, 0.15) is 13.8 Å². The second-order valence-corrected chi connectivity index (χ2v) is 3.46. The van der Waals surface area contributed by atoms with Gasteiger partial charge in [0, 0.05) is 22.5 Å². The van der Waals surface area contributed by atoms with Gasteiger partial charge in [0.15, 0.2) is 0 Å². The topological polar surface area (TPSA) is 31.2 Å². The first kappa shape index (κ1) is 12.5. The standard InChI is InChI=1S/C6H8IN.C3H6O2/c1-2-8-4-3-6(7)5-8;1-2-5-3-4/h3-5H,2H2,1H3;3H,2H2,1H3. The van der Waals surface area contributed by atoms with Crippen molar-refractivity contribution in [3.8, 4) is 0 Å². The molecular weight excluding hydrogens is 281 g/mol. The fraction of sp³-hybridized carbons (Fsp3) is 0.444. The van der Waals surface area contributed by atoms with Crippen molar-refractivity contribution in [2.45, 2.75) is 20.4 Å². The van der Waals surface area contributed by atoms with Gasteiger partial charge in [-0.1, -0.05) is 0 Å². The molecule has 1 rings (SSSR count). The van der Waals surface area contributed by atoms with E-state index in [-0.39, 0.29) is 0 Å². The molecule has 13 heavy (non-hydrogen) atoms. The van der Waals surface area contributed by atoms with E-state index >= 15 is 0 Å². The van der Waals surface area contributed by atoms with Gasteiger partial charge in [0.1, 0.15) is 0 Å². The fourth-order valence-electron chi connectivity index (χ4n) is 0.676. The molecule has 0 N–H and O–H groups in total. The van der Waals surface area contributed by atoms with Gasteiger partial charge in [0.25, 0.3) is 6.47 Å². The van der Waals surface area contributed by atoms with Crippen molar-refractivity contribution < 1.29 is 9.53 Å². The van der Waals surface area contributed by atoms with Crippen LogP contribution in [0.3, 0.4) is 0 Å². The lowest BCUT2D eigenvalue weighted by atomic mass is 10.7. The molecule has 74 valence electrons. The van der Waals surface area contributed by atoms with E-state index in [4.69, 9.17) is 0 Å². The molecule has 1 aromatic rings. The summed E-state index contributed by atoms with van der Waals surface area (Å²) in [5.74, 6) is 0. The molecule has 0 fully saturated rings. The molecular formula is C9H14INO2. The van der Waals surface area contributed by atoms with Crippen LogP contribution in [-0.2, 0) is 16.1 Å². The van der Waals surface area contributed by atoms with Crippen molar-refractivity contribution in [2.24, 2.45) is 0 Å². The summed E-state index contributed by atoms with van der Waals surface area (Å²) >= 11 is 2.30. The van der Waals surface area contributed by atoms with E-state index in [1.54, 1.807) is 6.92 Å². The third-order valence-electron chi connectivity index (χ3n) is 1.31. The fourth-order valence-corrected chi connectivity index (χ4v) is 1.19. The average molecular weight is 295 g/mol. The molecule has 0 saturated heterocycles. The first-order chi connectivity index (χ1) is 6.24. The maximum atomic E-state index is 9.18. The van der Waals surface area contributed by atoms with Crippen LogP contribution in [0.4, 0.5) is 0 Å². The van der Waals surface area contributed by atoms with Crippen LogP contribution in [0.25, 0.3) is 0 Å². The zero-order valence-electron chi connectivity index (χ0n) is 7.87. The summed E-state index contributed by atoms with van der Waals surface area (Å²) in [4.78, 5) is 9.18. The van der Waals surface area contributed by atoms with Gasteiger partial charge < -0.3 is 9.30 Å². The molecule has 1 heterocycles. The van der Waals surface area contributed by atoms with Crippen LogP contribution >= 0.6 is 22.6 Å². The van der Waals surface area contributed by atoms with Crippen LogP contribution in [0.15, 0.2) is 18.5 Å². The van der Waals surface area contributed by atoms with Gasteiger partial charge >= 0.3 is 0 Å². The second kappa shape index (κ2) is 8.10. The molecule has 0 unspecified atom stereocenters. The maximum Gasteiger partial charge on any atom is 0.293 e. The molecule has 1 aromatic heterocycles. The Hall–Kier alpha value is -0.520. The summed E-state index contributed by atoms with van der Waals surface area (Å²) in [6.45, 7) is 5.87. The normalized spacial score (nSPS) is 8.54. The highest BCUT2D eigenvalue weighted by atomic mass is 127. The van der Waals surface area contributed by atoms with Crippen molar-refractivity contribution in [2.75, 3.05) is 6.61 Å².